The Morgan fingerprint density at radius 2 is 2.22 bits per heavy atom. The number of fused-ring (bicyclic) bond motifs is 1. The molecule has 6 nitrogen and oxygen atoms in total. The summed E-state index contributed by atoms with van der Waals surface area (Å²) in [5.41, 5.74) is 7.46. The third-order valence-corrected chi connectivity index (χ3v) is 2.87. The van der Waals surface area contributed by atoms with E-state index in [2.05, 4.69) is 16.1 Å². The average molecular weight is 241 g/mol. The van der Waals surface area contributed by atoms with Crippen LogP contribution in [0, 0.1) is 6.07 Å². The molecule has 4 rings (SSSR count). The third kappa shape index (κ3) is 1.35. The van der Waals surface area contributed by atoms with Crippen LogP contribution in [0.15, 0.2) is 18.2 Å². The Morgan fingerprint density at radius 1 is 1.44 bits per heavy atom. The van der Waals surface area contributed by atoms with Crippen molar-refractivity contribution in [3.8, 4) is 0 Å². The van der Waals surface area contributed by atoms with Gasteiger partial charge in [0.2, 0.25) is 0 Å². The summed E-state index contributed by atoms with van der Waals surface area (Å²) in [6.45, 7) is 1.46. The number of hydrogen-bond donors (Lipinski definition) is 1. The van der Waals surface area contributed by atoms with E-state index < -0.39 is 6.03 Å². The molecule has 89 valence electrons. The van der Waals surface area contributed by atoms with Gasteiger partial charge in [0.25, 0.3) is 0 Å². The number of aromatic nitrogens is 3. The average Bonchev–Trinajstić information content (AvgIpc) is 2.87. The van der Waals surface area contributed by atoms with Gasteiger partial charge in [-0.05, 0) is 12.1 Å². The topological polar surface area (TPSA) is 90.9 Å². The smallest absolute Gasteiger partial charge is 0.339 e. The Labute approximate surface area is 102 Å². The summed E-state index contributed by atoms with van der Waals surface area (Å²) in [5.74, 6) is -0.299. The highest BCUT2D eigenvalue weighted by molar-refractivity contribution is 5.92. The lowest BCUT2D eigenvalue weighted by molar-refractivity contribution is 0.101. The van der Waals surface area contributed by atoms with E-state index in [0.717, 1.165) is 4.68 Å². The Hall–Kier alpha value is -2.50. The predicted octanol–water partition coefficient (Wildman–Crippen LogP) is 0.701. The molecule has 1 aliphatic carbocycles. The molecule has 2 aromatic rings. The molecule has 1 radical (unpaired) electrons. The largest absolute Gasteiger partial charge is 0.350 e. The van der Waals surface area contributed by atoms with E-state index in [0.29, 0.717) is 22.8 Å². The first-order valence-electron chi connectivity index (χ1n) is 5.37. The Morgan fingerprint density at radius 3 is 2.83 bits per heavy atom. The maximum absolute atomic E-state index is 11.3. The maximum atomic E-state index is 11.3. The number of carbonyl (C=O) groups excluding carboxylic acids is 2. The fourth-order valence-corrected chi connectivity index (χ4v) is 2.00. The van der Waals surface area contributed by atoms with E-state index in [1.54, 1.807) is 18.2 Å². The molecule has 1 amide bonds. The van der Waals surface area contributed by atoms with Gasteiger partial charge in [0.1, 0.15) is 5.69 Å². The van der Waals surface area contributed by atoms with Crippen LogP contribution >= 0.6 is 0 Å². The van der Waals surface area contributed by atoms with Crippen LogP contribution in [0.25, 0.3) is 0 Å². The second kappa shape index (κ2) is 3.49. The quantitative estimate of drug-likeness (QED) is 0.668. The van der Waals surface area contributed by atoms with Crippen LogP contribution in [0.3, 0.4) is 0 Å². The number of nitrogens with two attached hydrogens (primary N) is 1. The molecule has 0 aromatic carbocycles. The van der Waals surface area contributed by atoms with Crippen molar-refractivity contribution in [2.75, 3.05) is 0 Å². The molecule has 1 unspecified atom stereocenters. The molecule has 2 N–H and O–H groups in total. The van der Waals surface area contributed by atoms with Crippen molar-refractivity contribution in [1.82, 2.24) is 14.8 Å². The molecule has 2 aromatic heterocycles. The van der Waals surface area contributed by atoms with Crippen molar-refractivity contribution in [3.05, 3.63) is 47.0 Å². The van der Waals surface area contributed by atoms with Crippen molar-refractivity contribution in [2.24, 2.45) is 5.73 Å². The molecule has 0 saturated carbocycles. The number of hydrogen-bond acceptors (Lipinski definition) is 4. The van der Waals surface area contributed by atoms with Crippen molar-refractivity contribution < 1.29 is 9.59 Å². The van der Waals surface area contributed by atoms with Crippen LogP contribution < -0.4 is 5.73 Å². The van der Waals surface area contributed by atoms with E-state index in [-0.39, 0.29) is 11.7 Å². The minimum atomic E-state index is -0.641. The standard InChI is InChI=1S/C12H9N4O2/c1-6(17)7-3-2-4-8(14-7)11-9-5-10(11)16(15-9)12(13)18/h2-4,11H,1H3,(H2,13,18). The molecule has 2 aliphatic rings. The summed E-state index contributed by atoms with van der Waals surface area (Å²) in [6, 6.07) is 7.47. The van der Waals surface area contributed by atoms with Crippen LogP contribution in [-0.4, -0.2) is 26.6 Å². The first kappa shape index (κ1) is 10.6. The van der Waals surface area contributed by atoms with Gasteiger partial charge in [0.05, 0.1) is 23.0 Å². The minimum absolute atomic E-state index is 0.102. The molecule has 0 spiro atoms. The summed E-state index contributed by atoms with van der Waals surface area (Å²) in [7, 11) is 0. The van der Waals surface area contributed by atoms with E-state index in [1.807, 2.05) is 0 Å². The second-order valence-electron chi connectivity index (χ2n) is 4.08. The lowest BCUT2D eigenvalue weighted by Crippen LogP contribution is -2.22. The molecule has 6 heteroatoms. The van der Waals surface area contributed by atoms with Crippen LogP contribution in [-0.2, 0) is 0 Å². The Kier molecular flexibility index (Phi) is 2.07. The van der Waals surface area contributed by atoms with Gasteiger partial charge in [-0.2, -0.15) is 9.78 Å². The Bertz CT molecular complexity index is 674. The number of amides is 1. The number of Topliss-reactive ketones (excluding diaryl/α,β-unsaturated/α-hetero) is 1. The Balaban J connectivity index is 2.00. The number of rotatable bonds is 2. The molecule has 3 heterocycles. The second-order valence-corrected chi connectivity index (χ2v) is 4.08. The first-order chi connectivity index (χ1) is 8.58. The molecule has 1 aliphatic heterocycles. The molecule has 2 bridgehead atoms. The van der Waals surface area contributed by atoms with E-state index >= 15 is 0 Å². The number of pyridine rings is 1. The highest BCUT2D eigenvalue weighted by atomic mass is 16.2. The molecule has 1 atom stereocenters. The first-order valence-corrected chi connectivity index (χ1v) is 5.37. The summed E-state index contributed by atoms with van der Waals surface area (Å²) >= 11 is 0. The zero-order valence-electron chi connectivity index (χ0n) is 9.54. The fourth-order valence-electron chi connectivity index (χ4n) is 2.00. The summed E-state index contributed by atoms with van der Waals surface area (Å²) in [4.78, 5) is 26.6. The fraction of sp³-hybridized carbons (Fsp3) is 0.167. The van der Waals surface area contributed by atoms with Crippen molar-refractivity contribution in [2.45, 2.75) is 12.8 Å². The molecular weight excluding hydrogens is 232 g/mol. The zero-order valence-corrected chi connectivity index (χ0v) is 9.54. The van der Waals surface area contributed by atoms with Gasteiger partial charge in [-0.3, -0.25) is 4.79 Å². The summed E-state index contributed by atoms with van der Waals surface area (Å²) in [6.07, 6.45) is 0. The molecular formula is C12H9N4O2. The third-order valence-electron chi connectivity index (χ3n) is 2.87. The van der Waals surface area contributed by atoms with Gasteiger partial charge in [-0.25, -0.2) is 9.78 Å². The van der Waals surface area contributed by atoms with Crippen LogP contribution in [0.5, 0.6) is 0 Å². The van der Waals surface area contributed by atoms with Gasteiger partial charge in [-0.15, -0.1) is 0 Å². The van der Waals surface area contributed by atoms with E-state index in [9.17, 15) is 9.59 Å². The van der Waals surface area contributed by atoms with E-state index in [1.165, 1.54) is 6.92 Å². The summed E-state index contributed by atoms with van der Waals surface area (Å²) in [5, 5.41) is 4.00. The lowest BCUT2D eigenvalue weighted by atomic mass is 9.89. The molecule has 18 heavy (non-hydrogen) atoms. The van der Waals surface area contributed by atoms with Gasteiger partial charge in [0.15, 0.2) is 5.78 Å². The number of carbonyl (C=O) groups is 2. The molecule has 0 fully saturated rings. The summed E-state index contributed by atoms with van der Waals surface area (Å²) < 4.78 is 1.11. The predicted molar refractivity (Wildman–Crippen MR) is 61.2 cm³/mol. The number of ketones is 1. The highest BCUT2D eigenvalue weighted by Gasteiger charge is 2.37. The van der Waals surface area contributed by atoms with Gasteiger partial charge in [-0.1, -0.05) is 6.07 Å². The number of primary amides is 1. The maximum Gasteiger partial charge on any atom is 0.339 e. The monoisotopic (exact) mass is 241 g/mol. The normalized spacial score (nSPS) is 16.2. The number of nitrogens with zero attached hydrogens (tertiary/aromatic N) is 3. The van der Waals surface area contributed by atoms with Gasteiger partial charge >= 0.3 is 6.03 Å². The van der Waals surface area contributed by atoms with Gasteiger partial charge < -0.3 is 5.73 Å². The minimum Gasteiger partial charge on any atom is -0.350 e. The van der Waals surface area contributed by atoms with Crippen molar-refractivity contribution in [1.29, 1.82) is 0 Å². The van der Waals surface area contributed by atoms with Crippen molar-refractivity contribution in [3.63, 3.8) is 0 Å². The zero-order chi connectivity index (χ0) is 12.9. The van der Waals surface area contributed by atoms with Gasteiger partial charge in [0, 0.05) is 13.0 Å². The SMILES string of the molecule is CC(=O)c1cccc(C2c3[c]c2n(C(N)=O)n3)n1. The van der Waals surface area contributed by atoms with Crippen LogP contribution in [0.1, 0.15) is 40.4 Å². The van der Waals surface area contributed by atoms with Crippen LogP contribution in [0.2, 0.25) is 0 Å². The van der Waals surface area contributed by atoms with Crippen LogP contribution in [0.4, 0.5) is 4.79 Å². The van der Waals surface area contributed by atoms with E-state index in [4.69, 9.17) is 5.73 Å². The van der Waals surface area contributed by atoms with Crippen molar-refractivity contribution >= 4 is 11.8 Å². The molecule has 0 saturated heterocycles. The highest BCUT2D eigenvalue weighted by Crippen LogP contribution is 2.38. The lowest BCUT2D eigenvalue weighted by Gasteiger charge is -2.16.